The number of hydrogen-bond acceptors (Lipinski definition) is 2. The number of likely N-dealkylation sites (N-methyl/N-ethyl adjacent to an activating group) is 1. The Bertz CT molecular complexity index is 296. The van der Waals surface area contributed by atoms with Gasteiger partial charge in [0.15, 0.2) is 0 Å². The Morgan fingerprint density at radius 1 is 1.36 bits per heavy atom. The third-order valence-corrected chi connectivity index (χ3v) is 2.49. The molecule has 0 saturated carbocycles. The summed E-state index contributed by atoms with van der Waals surface area (Å²) in [6.07, 6.45) is 0. The van der Waals surface area contributed by atoms with Gasteiger partial charge < -0.3 is 10.1 Å². The average Bonchev–Trinajstić information content (AvgIpc) is 2.18. The van der Waals surface area contributed by atoms with Crippen LogP contribution in [0.15, 0.2) is 18.2 Å². The van der Waals surface area contributed by atoms with Gasteiger partial charge in [-0.3, -0.25) is 0 Å². The van der Waals surface area contributed by atoms with Crippen molar-refractivity contribution in [3.8, 4) is 0 Å². The van der Waals surface area contributed by atoms with Gasteiger partial charge in [-0.2, -0.15) is 0 Å². The van der Waals surface area contributed by atoms with Gasteiger partial charge in [0, 0.05) is 7.11 Å². The standard InChI is InChI=1S/C12H19NO/c1-9-5-6-10(2)11(7-9)12(13-3)8-14-4/h5-7,12-13H,8H2,1-4H3. The van der Waals surface area contributed by atoms with Gasteiger partial charge in [0.25, 0.3) is 0 Å². The fourth-order valence-electron chi connectivity index (χ4n) is 1.63. The summed E-state index contributed by atoms with van der Waals surface area (Å²) >= 11 is 0. The first-order valence-corrected chi connectivity index (χ1v) is 4.92. The van der Waals surface area contributed by atoms with Gasteiger partial charge in [0.1, 0.15) is 0 Å². The third-order valence-electron chi connectivity index (χ3n) is 2.49. The first kappa shape index (κ1) is 11.2. The van der Waals surface area contributed by atoms with Crippen LogP contribution in [0.1, 0.15) is 22.7 Å². The summed E-state index contributed by atoms with van der Waals surface area (Å²) in [5, 5.41) is 3.26. The zero-order valence-corrected chi connectivity index (χ0v) is 9.42. The number of nitrogens with one attached hydrogen (secondary N) is 1. The van der Waals surface area contributed by atoms with Gasteiger partial charge in [-0.25, -0.2) is 0 Å². The Hall–Kier alpha value is -0.860. The lowest BCUT2D eigenvalue weighted by Gasteiger charge is -2.18. The molecule has 2 heteroatoms. The van der Waals surface area contributed by atoms with E-state index < -0.39 is 0 Å². The molecule has 0 aliphatic rings. The van der Waals surface area contributed by atoms with Crippen molar-refractivity contribution in [2.24, 2.45) is 0 Å². The van der Waals surface area contributed by atoms with Crippen LogP contribution in [0.25, 0.3) is 0 Å². The van der Waals surface area contributed by atoms with Gasteiger partial charge in [0.2, 0.25) is 0 Å². The van der Waals surface area contributed by atoms with Crippen molar-refractivity contribution < 1.29 is 4.74 Å². The Morgan fingerprint density at radius 3 is 2.64 bits per heavy atom. The minimum Gasteiger partial charge on any atom is -0.383 e. The topological polar surface area (TPSA) is 21.3 Å². The van der Waals surface area contributed by atoms with Gasteiger partial charge in [-0.05, 0) is 32.0 Å². The van der Waals surface area contributed by atoms with Gasteiger partial charge in [-0.1, -0.05) is 23.8 Å². The molecule has 1 unspecified atom stereocenters. The van der Waals surface area contributed by atoms with Crippen molar-refractivity contribution in [1.82, 2.24) is 5.32 Å². The van der Waals surface area contributed by atoms with Crippen molar-refractivity contribution in [3.05, 3.63) is 34.9 Å². The van der Waals surface area contributed by atoms with E-state index >= 15 is 0 Å². The van der Waals surface area contributed by atoms with E-state index in [1.165, 1.54) is 16.7 Å². The Balaban J connectivity index is 2.96. The minimum absolute atomic E-state index is 0.292. The summed E-state index contributed by atoms with van der Waals surface area (Å²) in [4.78, 5) is 0. The van der Waals surface area contributed by atoms with Crippen LogP contribution in [0.5, 0.6) is 0 Å². The first-order valence-electron chi connectivity index (χ1n) is 4.92. The van der Waals surface area contributed by atoms with Crippen molar-refractivity contribution >= 4 is 0 Å². The maximum Gasteiger partial charge on any atom is 0.0657 e. The highest BCUT2D eigenvalue weighted by Gasteiger charge is 2.10. The lowest BCUT2D eigenvalue weighted by Crippen LogP contribution is -2.22. The molecule has 0 aliphatic carbocycles. The van der Waals surface area contributed by atoms with Crippen molar-refractivity contribution in [2.75, 3.05) is 20.8 Å². The highest BCUT2D eigenvalue weighted by atomic mass is 16.5. The number of benzene rings is 1. The maximum atomic E-state index is 5.18. The number of aryl methyl sites for hydroxylation is 2. The zero-order chi connectivity index (χ0) is 10.6. The van der Waals surface area contributed by atoms with Crippen LogP contribution in [0.3, 0.4) is 0 Å². The third kappa shape index (κ3) is 2.56. The molecule has 78 valence electrons. The van der Waals surface area contributed by atoms with Crippen LogP contribution in [-0.4, -0.2) is 20.8 Å². The summed E-state index contributed by atoms with van der Waals surface area (Å²) in [5.41, 5.74) is 3.93. The second kappa shape index (κ2) is 5.13. The van der Waals surface area contributed by atoms with E-state index in [2.05, 4.69) is 37.4 Å². The molecule has 1 aromatic carbocycles. The molecule has 0 heterocycles. The normalized spacial score (nSPS) is 12.9. The van der Waals surface area contributed by atoms with E-state index in [0.29, 0.717) is 12.6 Å². The average molecular weight is 193 g/mol. The van der Waals surface area contributed by atoms with Crippen molar-refractivity contribution in [3.63, 3.8) is 0 Å². The quantitative estimate of drug-likeness (QED) is 0.791. The van der Waals surface area contributed by atoms with Crippen LogP contribution in [0.4, 0.5) is 0 Å². The van der Waals surface area contributed by atoms with Crippen LogP contribution in [-0.2, 0) is 4.74 Å². The van der Waals surface area contributed by atoms with Crippen molar-refractivity contribution in [1.29, 1.82) is 0 Å². The van der Waals surface area contributed by atoms with E-state index in [1.54, 1.807) is 7.11 Å². The highest BCUT2D eigenvalue weighted by molar-refractivity contribution is 5.33. The van der Waals surface area contributed by atoms with E-state index in [1.807, 2.05) is 7.05 Å². The lowest BCUT2D eigenvalue weighted by atomic mass is 9.99. The molecule has 1 atom stereocenters. The fraction of sp³-hybridized carbons (Fsp3) is 0.500. The molecule has 0 aliphatic heterocycles. The Kier molecular flexibility index (Phi) is 4.11. The molecular weight excluding hydrogens is 174 g/mol. The van der Waals surface area contributed by atoms with E-state index in [4.69, 9.17) is 4.74 Å². The zero-order valence-electron chi connectivity index (χ0n) is 9.42. The fourth-order valence-corrected chi connectivity index (χ4v) is 1.63. The molecule has 0 aromatic heterocycles. The molecular formula is C12H19NO. The molecule has 1 aromatic rings. The number of rotatable bonds is 4. The number of hydrogen-bond donors (Lipinski definition) is 1. The predicted octanol–water partition coefficient (Wildman–Crippen LogP) is 2.21. The molecule has 1 N–H and O–H groups in total. The van der Waals surface area contributed by atoms with Crippen LogP contribution >= 0.6 is 0 Å². The second-order valence-corrected chi connectivity index (χ2v) is 3.66. The molecule has 0 spiro atoms. The smallest absolute Gasteiger partial charge is 0.0657 e. The molecule has 0 saturated heterocycles. The van der Waals surface area contributed by atoms with Crippen LogP contribution in [0.2, 0.25) is 0 Å². The molecule has 2 nitrogen and oxygen atoms in total. The number of ether oxygens (including phenoxy) is 1. The largest absolute Gasteiger partial charge is 0.383 e. The highest BCUT2D eigenvalue weighted by Crippen LogP contribution is 2.19. The molecule has 14 heavy (non-hydrogen) atoms. The lowest BCUT2D eigenvalue weighted by molar-refractivity contribution is 0.170. The summed E-state index contributed by atoms with van der Waals surface area (Å²) in [5.74, 6) is 0. The van der Waals surface area contributed by atoms with E-state index in [-0.39, 0.29) is 0 Å². The summed E-state index contributed by atoms with van der Waals surface area (Å²) in [6, 6.07) is 6.80. The SMILES string of the molecule is CNC(COC)c1cc(C)ccc1C. The van der Waals surface area contributed by atoms with Gasteiger partial charge in [0.05, 0.1) is 12.6 Å². The molecule has 0 amide bonds. The second-order valence-electron chi connectivity index (χ2n) is 3.66. The Morgan fingerprint density at radius 2 is 2.07 bits per heavy atom. The number of methoxy groups -OCH3 is 1. The molecule has 0 fully saturated rings. The van der Waals surface area contributed by atoms with Gasteiger partial charge in [-0.15, -0.1) is 0 Å². The van der Waals surface area contributed by atoms with E-state index in [0.717, 1.165) is 0 Å². The monoisotopic (exact) mass is 193 g/mol. The van der Waals surface area contributed by atoms with Gasteiger partial charge >= 0.3 is 0 Å². The molecule has 0 radical (unpaired) electrons. The van der Waals surface area contributed by atoms with Crippen LogP contribution in [0, 0.1) is 13.8 Å². The predicted molar refractivity (Wildman–Crippen MR) is 59.6 cm³/mol. The van der Waals surface area contributed by atoms with E-state index in [9.17, 15) is 0 Å². The molecule has 0 bridgehead atoms. The van der Waals surface area contributed by atoms with Crippen molar-refractivity contribution in [2.45, 2.75) is 19.9 Å². The summed E-state index contributed by atoms with van der Waals surface area (Å²) in [6.45, 7) is 4.96. The summed E-state index contributed by atoms with van der Waals surface area (Å²) < 4.78 is 5.18. The van der Waals surface area contributed by atoms with Crippen LogP contribution < -0.4 is 5.32 Å². The summed E-state index contributed by atoms with van der Waals surface area (Å²) in [7, 11) is 3.70. The maximum absolute atomic E-state index is 5.18. The molecule has 1 rings (SSSR count). The minimum atomic E-state index is 0.292. The Labute approximate surface area is 86.3 Å². The first-order chi connectivity index (χ1) is 6.69.